The minimum absolute atomic E-state index is 0.0465. The molecule has 9 heteroatoms. The van der Waals surface area contributed by atoms with Crippen LogP contribution in [0.2, 0.25) is 0 Å². The number of aromatic nitrogens is 4. The second kappa shape index (κ2) is 4.48. The highest BCUT2D eigenvalue weighted by atomic mass is 79.9. The van der Waals surface area contributed by atoms with Crippen LogP contribution >= 0.6 is 15.9 Å². The Bertz CT molecular complexity index is 833. The first-order chi connectivity index (χ1) is 9.79. The van der Waals surface area contributed by atoms with E-state index in [-0.39, 0.29) is 16.9 Å². The van der Waals surface area contributed by atoms with E-state index in [1.807, 2.05) is 0 Å². The average molecular weight is 360 g/mol. The van der Waals surface area contributed by atoms with Crippen molar-refractivity contribution in [3.63, 3.8) is 0 Å². The fraction of sp³-hybridized carbons (Fsp3) is 0.167. The number of nitrogens with two attached hydrogens (primary N) is 1. The number of hydrogen-bond donors (Lipinski definition) is 2. The van der Waals surface area contributed by atoms with E-state index in [0.717, 1.165) is 14.7 Å². The molecule has 0 fully saturated rings. The number of benzene rings is 1. The molecule has 2 aromatic heterocycles. The van der Waals surface area contributed by atoms with Crippen LogP contribution in [0.1, 0.15) is 11.3 Å². The number of fused-ring (bicyclic) bond motifs is 1. The summed E-state index contributed by atoms with van der Waals surface area (Å²) >= 11 is 3.31. The van der Waals surface area contributed by atoms with Crippen LogP contribution in [-0.4, -0.2) is 20.0 Å². The fourth-order valence-corrected chi connectivity index (χ4v) is 2.63. The Morgan fingerprint density at radius 3 is 2.67 bits per heavy atom. The normalized spacial score (nSPS) is 12.2. The molecule has 0 bridgehead atoms. The lowest BCUT2D eigenvalue weighted by atomic mass is 10.2. The molecule has 0 saturated carbocycles. The van der Waals surface area contributed by atoms with Crippen molar-refractivity contribution in [2.75, 3.05) is 5.73 Å². The summed E-state index contributed by atoms with van der Waals surface area (Å²) in [6, 6.07) is 5.17. The number of nitrogens with one attached hydrogen (secondary N) is 1. The van der Waals surface area contributed by atoms with Gasteiger partial charge in [-0.2, -0.15) is 23.4 Å². The number of aromatic amines is 1. The predicted octanol–water partition coefficient (Wildman–Crippen LogP) is 3.42. The third-order valence-electron chi connectivity index (χ3n) is 3.07. The molecule has 0 saturated heterocycles. The zero-order chi connectivity index (χ0) is 15.4. The standard InChI is InChI=1S/C12H9BrF3N5/c1-5-4-6(13)2-3-7(5)21-11-8(10(17)18-19-11)9(20-21)12(14,15)16/h2-4H,1H3,(H3,17,18,19). The van der Waals surface area contributed by atoms with Crippen molar-refractivity contribution < 1.29 is 13.2 Å². The van der Waals surface area contributed by atoms with Crippen LogP contribution in [0.5, 0.6) is 0 Å². The highest BCUT2D eigenvalue weighted by Crippen LogP contribution is 2.37. The molecule has 21 heavy (non-hydrogen) atoms. The summed E-state index contributed by atoms with van der Waals surface area (Å²) in [4.78, 5) is 0. The molecule has 0 aliphatic heterocycles. The molecule has 2 heterocycles. The van der Waals surface area contributed by atoms with Gasteiger partial charge in [-0.15, -0.1) is 0 Å². The van der Waals surface area contributed by atoms with Crippen molar-refractivity contribution in [1.82, 2.24) is 20.0 Å². The summed E-state index contributed by atoms with van der Waals surface area (Å²) in [5.74, 6) is -0.154. The number of nitrogens with zero attached hydrogens (tertiary/aromatic N) is 3. The van der Waals surface area contributed by atoms with E-state index in [9.17, 15) is 13.2 Å². The van der Waals surface area contributed by atoms with Crippen LogP contribution in [-0.2, 0) is 6.18 Å². The highest BCUT2D eigenvalue weighted by Gasteiger charge is 2.39. The molecule has 3 N–H and O–H groups in total. The number of halogens is 4. The number of anilines is 1. The number of hydrogen-bond acceptors (Lipinski definition) is 3. The lowest BCUT2D eigenvalue weighted by Crippen LogP contribution is -2.09. The van der Waals surface area contributed by atoms with E-state index < -0.39 is 11.9 Å². The largest absolute Gasteiger partial charge is 0.436 e. The van der Waals surface area contributed by atoms with Gasteiger partial charge in [0.15, 0.2) is 11.3 Å². The maximum Gasteiger partial charge on any atom is 0.436 e. The number of nitrogen functional groups attached to an aromatic ring is 1. The molecule has 0 unspecified atom stereocenters. The Morgan fingerprint density at radius 2 is 2.05 bits per heavy atom. The van der Waals surface area contributed by atoms with E-state index in [1.165, 1.54) is 0 Å². The minimum atomic E-state index is -4.61. The number of H-pyrrole nitrogens is 1. The lowest BCUT2D eigenvalue weighted by molar-refractivity contribution is -0.140. The smallest absolute Gasteiger partial charge is 0.383 e. The van der Waals surface area contributed by atoms with Gasteiger partial charge in [0, 0.05) is 4.47 Å². The van der Waals surface area contributed by atoms with Gasteiger partial charge in [0.25, 0.3) is 0 Å². The van der Waals surface area contributed by atoms with Crippen LogP contribution in [0.4, 0.5) is 19.0 Å². The van der Waals surface area contributed by atoms with Crippen molar-refractivity contribution in [3.8, 4) is 5.69 Å². The quantitative estimate of drug-likeness (QED) is 0.699. The van der Waals surface area contributed by atoms with Crippen molar-refractivity contribution in [1.29, 1.82) is 0 Å². The molecule has 0 spiro atoms. The Labute approximate surface area is 125 Å². The van der Waals surface area contributed by atoms with Crippen LogP contribution in [0.3, 0.4) is 0 Å². The second-order valence-electron chi connectivity index (χ2n) is 4.52. The van der Waals surface area contributed by atoms with E-state index in [4.69, 9.17) is 5.73 Å². The van der Waals surface area contributed by atoms with Gasteiger partial charge in [-0.25, -0.2) is 4.68 Å². The zero-order valence-corrected chi connectivity index (χ0v) is 12.2. The Morgan fingerprint density at radius 1 is 1.33 bits per heavy atom. The fourth-order valence-electron chi connectivity index (χ4n) is 2.15. The molecule has 5 nitrogen and oxygen atoms in total. The van der Waals surface area contributed by atoms with E-state index >= 15 is 0 Å². The molecular formula is C12H9BrF3N5. The summed E-state index contributed by atoms with van der Waals surface area (Å²) in [6.07, 6.45) is -4.61. The van der Waals surface area contributed by atoms with Gasteiger partial charge in [0.05, 0.1) is 11.1 Å². The van der Waals surface area contributed by atoms with Gasteiger partial charge >= 0.3 is 6.18 Å². The number of rotatable bonds is 1. The van der Waals surface area contributed by atoms with Crippen LogP contribution in [0.25, 0.3) is 16.7 Å². The molecule has 3 aromatic rings. The van der Waals surface area contributed by atoms with Gasteiger partial charge in [-0.3, -0.25) is 5.10 Å². The molecule has 1 aromatic carbocycles. The summed E-state index contributed by atoms with van der Waals surface area (Å²) in [5, 5.41) is 9.64. The first kappa shape index (κ1) is 13.9. The number of alkyl halides is 3. The van der Waals surface area contributed by atoms with Crippen molar-refractivity contribution in [2.24, 2.45) is 0 Å². The molecule has 0 aliphatic rings. The van der Waals surface area contributed by atoms with E-state index in [1.54, 1.807) is 25.1 Å². The predicted molar refractivity (Wildman–Crippen MR) is 75.1 cm³/mol. The zero-order valence-electron chi connectivity index (χ0n) is 10.7. The summed E-state index contributed by atoms with van der Waals surface area (Å²) in [6.45, 7) is 1.77. The van der Waals surface area contributed by atoms with Crippen LogP contribution in [0, 0.1) is 6.92 Å². The van der Waals surface area contributed by atoms with Crippen LogP contribution < -0.4 is 5.73 Å². The molecule has 110 valence electrons. The molecule has 3 rings (SSSR count). The highest BCUT2D eigenvalue weighted by molar-refractivity contribution is 9.10. The lowest BCUT2D eigenvalue weighted by Gasteiger charge is -2.07. The first-order valence-corrected chi connectivity index (χ1v) is 6.64. The molecule has 0 radical (unpaired) electrons. The third-order valence-corrected chi connectivity index (χ3v) is 3.56. The maximum absolute atomic E-state index is 13.1. The molecule has 0 aliphatic carbocycles. The summed E-state index contributed by atoms with van der Waals surface area (Å²) < 4.78 is 41.2. The van der Waals surface area contributed by atoms with Gasteiger partial charge in [-0.1, -0.05) is 15.9 Å². The van der Waals surface area contributed by atoms with Gasteiger partial charge in [-0.05, 0) is 30.7 Å². The van der Waals surface area contributed by atoms with Crippen molar-refractivity contribution >= 4 is 32.8 Å². The monoisotopic (exact) mass is 359 g/mol. The second-order valence-corrected chi connectivity index (χ2v) is 5.44. The topological polar surface area (TPSA) is 72.5 Å². The molecular weight excluding hydrogens is 351 g/mol. The van der Waals surface area contributed by atoms with E-state index in [2.05, 4.69) is 31.2 Å². The minimum Gasteiger partial charge on any atom is -0.383 e. The Hall–Kier alpha value is -2.03. The summed E-state index contributed by atoms with van der Waals surface area (Å²) in [5.41, 5.74) is 5.80. The van der Waals surface area contributed by atoms with E-state index in [0.29, 0.717) is 5.69 Å². The summed E-state index contributed by atoms with van der Waals surface area (Å²) in [7, 11) is 0. The molecule has 0 atom stereocenters. The molecule has 0 amide bonds. The van der Waals surface area contributed by atoms with Gasteiger partial charge in [0.2, 0.25) is 0 Å². The Balaban J connectivity index is 2.34. The first-order valence-electron chi connectivity index (χ1n) is 5.85. The van der Waals surface area contributed by atoms with Crippen LogP contribution in [0.15, 0.2) is 22.7 Å². The Kier molecular flexibility index (Phi) is 2.97. The maximum atomic E-state index is 13.1. The number of aryl methyl sites for hydroxylation is 1. The third kappa shape index (κ3) is 2.17. The van der Waals surface area contributed by atoms with Crippen molar-refractivity contribution in [3.05, 3.63) is 33.9 Å². The van der Waals surface area contributed by atoms with Gasteiger partial charge < -0.3 is 5.73 Å². The van der Waals surface area contributed by atoms with Crippen molar-refractivity contribution in [2.45, 2.75) is 13.1 Å². The SMILES string of the molecule is Cc1cc(Br)ccc1-n1nc(C(F)(F)F)c2c(N)[nH]nc21. The average Bonchev–Trinajstić information content (AvgIpc) is 2.90. The van der Waals surface area contributed by atoms with Gasteiger partial charge in [0.1, 0.15) is 5.82 Å².